The molecule has 37 heavy (non-hydrogen) atoms. The number of halogens is 1. The molecular weight excluding hydrogens is 495 g/mol. The Balaban J connectivity index is 1.36. The lowest BCUT2D eigenvalue weighted by molar-refractivity contribution is -0.123. The van der Waals surface area contributed by atoms with Crippen molar-refractivity contribution >= 4 is 38.2 Å². The predicted molar refractivity (Wildman–Crippen MR) is 139 cm³/mol. The number of sulfonamides is 1. The number of ether oxygens (including phenoxy) is 1. The van der Waals surface area contributed by atoms with Crippen LogP contribution in [0.25, 0.3) is 10.8 Å². The number of anilines is 1. The van der Waals surface area contributed by atoms with E-state index in [4.69, 9.17) is 4.74 Å². The molecule has 0 bridgehead atoms. The van der Waals surface area contributed by atoms with Crippen LogP contribution in [-0.4, -0.2) is 57.8 Å². The zero-order valence-electron chi connectivity index (χ0n) is 20.7. The quantitative estimate of drug-likeness (QED) is 0.392. The highest BCUT2D eigenvalue weighted by Crippen LogP contribution is 2.39. The Hall–Kier alpha value is -3.14. The number of methoxy groups -OCH3 is 1. The summed E-state index contributed by atoms with van der Waals surface area (Å²) in [6.07, 6.45) is 2.07. The minimum Gasteiger partial charge on any atom is -0.385 e. The molecule has 1 amide bonds. The summed E-state index contributed by atoms with van der Waals surface area (Å²) in [6, 6.07) is 14.1. The van der Waals surface area contributed by atoms with Crippen LogP contribution in [0.5, 0.6) is 0 Å². The van der Waals surface area contributed by atoms with E-state index in [1.54, 1.807) is 12.0 Å². The standard InChI is InChI=1S/C28H29FN2O5S/c1-36-16-4-15-31-25-13-8-19(23-6-2-7-24(27(23)25)28(31)33)17-26(32)20-5-3-14-30(18-20)37(34,35)22-11-9-21(29)10-12-22/h2,6-13,20H,3-5,14-18H2,1H3. The van der Waals surface area contributed by atoms with Crippen LogP contribution in [0.2, 0.25) is 0 Å². The van der Waals surface area contributed by atoms with Crippen LogP contribution in [0.1, 0.15) is 35.2 Å². The van der Waals surface area contributed by atoms with Crippen LogP contribution in [0.15, 0.2) is 59.5 Å². The van der Waals surface area contributed by atoms with Gasteiger partial charge in [0.25, 0.3) is 5.91 Å². The van der Waals surface area contributed by atoms with Gasteiger partial charge in [0, 0.05) is 56.6 Å². The summed E-state index contributed by atoms with van der Waals surface area (Å²) in [5, 5.41) is 1.73. The van der Waals surface area contributed by atoms with Crippen molar-refractivity contribution in [1.82, 2.24) is 4.31 Å². The van der Waals surface area contributed by atoms with Crippen LogP contribution >= 0.6 is 0 Å². The summed E-state index contributed by atoms with van der Waals surface area (Å²) in [5.74, 6) is -1.01. The van der Waals surface area contributed by atoms with Crippen LogP contribution in [0.4, 0.5) is 10.1 Å². The SMILES string of the molecule is COCCCN1C(=O)c2cccc3c(CC(=O)C4CCCN(S(=O)(=O)c5ccc(F)cc5)C4)ccc1c23. The Labute approximate surface area is 215 Å². The first-order valence-electron chi connectivity index (χ1n) is 12.4. The van der Waals surface area contributed by atoms with Gasteiger partial charge < -0.3 is 9.64 Å². The maximum Gasteiger partial charge on any atom is 0.258 e. The Morgan fingerprint density at radius 3 is 2.65 bits per heavy atom. The smallest absolute Gasteiger partial charge is 0.258 e. The van der Waals surface area contributed by atoms with E-state index < -0.39 is 21.8 Å². The Morgan fingerprint density at radius 1 is 1.11 bits per heavy atom. The van der Waals surface area contributed by atoms with Gasteiger partial charge in [0.15, 0.2) is 0 Å². The van der Waals surface area contributed by atoms with Gasteiger partial charge in [-0.2, -0.15) is 4.31 Å². The predicted octanol–water partition coefficient (Wildman–Crippen LogP) is 4.19. The second kappa shape index (κ2) is 10.3. The number of benzene rings is 3. The van der Waals surface area contributed by atoms with Crippen molar-refractivity contribution < 1.29 is 27.1 Å². The largest absolute Gasteiger partial charge is 0.385 e. The fourth-order valence-electron chi connectivity index (χ4n) is 5.36. The highest BCUT2D eigenvalue weighted by atomic mass is 32.2. The molecule has 1 saturated heterocycles. The number of Topliss-reactive ketones (excluding diaryl/α,β-unsaturated/α-hetero) is 1. The van der Waals surface area contributed by atoms with Crippen molar-refractivity contribution in [2.75, 3.05) is 38.3 Å². The zero-order chi connectivity index (χ0) is 26.2. The Kier molecular flexibility index (Phi) is 7.11. The fraction of sp³-hybridized carbons (Fsp3) is 0.357. The average Bonchev–Trinajstić information content (AvgIpc) is 3.18. The second-order valence-corrected chi connectivity index (χ2v) is 11.5. The highest BCUT2D eigenvalue weighted by Gasteiger charge is 2.34. The summed E-state index contributed by atoms with van der Waals surface area (Å²) >= 11 is 0. The molecule has 2 aliphatic heterocycles. The molecule has 3 aromatic carbocycles. The number of carbonyl (C=O) groups is 2. The van der Waals surface area contributed by atoms with Gasteiger partial charge in [0.1, 0.15) is 11.6 Å². The van der Waals surface area contributed by atoms with Crippen LogP contribution in [0.3, 0.4) is 0 Å². The van der Waals surface area contributed by atoms with Crippen LogP contribution in [-0.2, 0) is 26.0 Å². The van der Waals surface area contributed by atoms with Crippen molar-refractivity contribution in [3.8, 4) is 0 Å². The molecule has 3 aromatic rings. The maximum atomic E-state index is 13.4. The number of amides is 1. The maximum absolute atomic E-state index is 13.4. The van der Waals surface area contributed by atoms with Crippen molar-refractivity contribution in [3.05, 3.63) is 71.5 Å². The normalized spacial score (nSPS) is 18.1. The summed E-state index contributed by atoms with van der Waals surface area (Å²) < 4.78 is 45.9. The number of hydrogen-bond acceptors (Lipinski definition) is 5. The topological polar surface area (TPSA) is 84.0 Å². The number of piperidine rings is 1. The van der Waals surface area contributed by atoms with Gasteiger partial charge in [0.2, 0.25) is 10.0 Å². The summed E-state index contributed by atoms with van der Waals surface area (Å²) in [5.41, 5.74) is 2.31. The van der Waals surface area contributed by atoms with Crippen molar-refractivity contribution in [2.24, 2.45) is 5.92 Å². The molecule has 1 unspecified atom stereocenters. The highest BCUT2D eigenvalue weighted by molar-refractivity contribution is 7.89. The molecule has 0 spiro atoms. The molecule has 2 aliphatic rings. The molecule has 2 heterocycles. The third-order valence-electron chi connectivity index (χ3n) is 7.26. The van der Waals surface area contributed by atoms with Crippen molar-refractivity contribution in [2.45, 2.75) is 30.6 Å². The molecule has 0 aliphatic carbocycles. The number of nitrogens with zero attached hydrogens (tertiary/aromatic N) is 2. The molecule has 1 atom stereocenters. The lowest BCUT2D eigenvalue weighted by Crippen LogP contribution is -2.42. The van der Waals surface area contributed by atoms with E-state index in [0.29, 0.717) is 38.1 Å². The van der Waals surface area contributed by atoms with Crippen LogP contribution in [0, 0.1) is 11.7 Å². The zero-order valence-corrected chi connectivity index (χ0v) is 21.5. The van der Waals surface area contributed by atoms with E-state index in [1.807, 2.05) is 30.3 Å². The molecule has 5 rings (SSSR count). The average molecular weight is 525 g/mol. The minimum absolute atomic E-state index is 0.0224. The second-order valence-electron chi connectivity index (χ2n) is 9.57. The molecule has 0 saturated carbocycles. The van der Waals surface area contributed by atoms with E-state index in [9.17, 15) is 22.4 Å². The van der Waals surface area contributed by atoms with Gasteiger partial charge in [0.05, 0.1) is 10.6 Å². The number of carbonyl (C=O) groups excluding carboxylic acids is 2. The summed E-state index contributed by atoms with van der Waals surface area (Å²) in [6.45, 7) is 1.54. The van der Waals surface area contributed by atoms with Gasteiger partial charge in [-0.15, -0.1) is 0 Å². The lowest BCUT2D eigenvalue weighted by atomic mass is 9.89. The van der Waals surface area contributed by atoms with Gasteiger partial charge in [-0.3, -0.25) is 9.59 Å². The monoisotopic (exact) mass is 524 g/mol. The summed E-state index contributed by atoms with van der Waals surface area (Å²) in [4.78, 5) is 28.2. The van der Waals surface area contributed by atoms with E-state index >= 15 is 0 Å². The van der Waals surface area contributed by atoms with Crippen LogP contribution < -0.4 is 4.90 Å². The molecular formula is C28H29FN2O5S. The summed E-state index contributed by atoms with van der Waals surface area (Å²) in [7, 11) is -2.18. The first-order valence-corrected chi connectivity index (χ1v) is 13.9. The number of hydrogen-bond donors (Lipinski definition) is 0. The third kappa shape index (κ3) is 4.79. The molecule has 0 N–H and O–H groups in total. The first-order chi connectivity index (χ1) is 17.8. The van der Waals surface area contributed by atoms with E-state index in [2.05, 4.69) is 0 Å². The van der Waals surface area contributed by atoms with Gasteiger partial charge >= 0.3 is 0 Å². The van der Waals surface area contributed by atoms with E-state index in [-0.39, 0.29) is 29.6 Å². The Bertz CT molecular complexity index is 1460. The van der Waals surface area contributed by atoms with Gasteiger partial charge in [-0.1, -0.05) is 18.2 Å². The Morgan fingerprint density at radius 2 is 1.89 bits per heavy atom. The van der Waals surface area contributed by atoms with Gasteiger partial charge in [-0.05, 0) is 66.6 Å². The van der Waals surface area contributed by atoms with E-state index in [0.717, 1.165) is 40.6 Å². The lowest BCUT2D eigenvalue weighted by Gasteiger charge is -2.31. The molecule has 9 heteroatoms. The van der Waals surface area contributed by atoms with E-state index in [1.165, 1.54) is 16.4 Å². The minimum atomic E-state index is -3.82. The molecule has 1 fully saturated rings. The van der Waals surface area contributed by atoms with Crippen molar-refractivity contribution in [1.29, 1.82) is 0 Å². The first kappa shape index (κ1) is 25.5. The molecule has 194 valence electrons. The van der Waals surface area contributed by atoms with Gasteiger partial charge in [-0.25, -0.2) is 12.8 Å². The molecule has 0 radical (unpaired) electrons. The fourth-order valence-corrected chi connectivity index (χ4v) is 6.88. The molecule has 0 aromatic heterocycles. The number of ketones is 1. The third-order valence-corrected chi connectivity index (χ3v) is 9.14. The number of rotatable bonds is 9. The molecule has 7 nitrogen and oxygen atoms in total. The van der Waals surface area contributed by atoms with Crippen molar-refractivity contribution in [3.63, 3.8) is 0 Å².